The highest BCUT2D eigenvalue weighted by Crippen LogP contribution is 2.49. The van der Waals surface area contributed by atoms with Crippen molar-refractivity contribution in [2.75, 3.05) is 24.9 Å². The summed E-state index contributed by atoms with van der Waals surface area (Å²) >= 11 is 0. The number of esters is 1. The highest BCUT2D eigenvalue weighted by molar-refractivity contribution is 7.61. The van der Waals surface area contributed by atoms with Crippen LogP contribution in [0.1, 0.15) is 58.2 Å². The molecule has 0 amide bonds. The molecule has 0 spiro atoms. The highest BCUT2D eigenvalue weighted by Gasteiger charge is 2.39. The zero-order valence-electron chi connectivity index (χ0n) is 24.6. The summed E-state index contributed by atoms with van der Waals surface area (Å²) in [5.41, 5.74) is 6.87. The van der Waals surface area contributed by atoms with Gasteiger partial charge in [-0.15, -0.1) is 13.2 Å². The van der Waals surface area contributed by atoms with Crippen molar-refractivity contribution in [3.63, 3.8) is 0 Å². The molecule has 0 saturated heterocycles. The Kier molecular flexibility index (Phi) is 10.6. The number of alkyl halides is 3. The predicted octanol–water partition coefficient (Wildman–Crippen LogP) is 5.59. The number of halogens is 3. The van der Waals surface area contributed by atoms with Gasteiger partial charge < -0.3 is 29.1 Å². The van der Waals surface area contributed by atoms with E-state index in [2.05, 4.69) is 24.8 Å². The van der Waals surface area contributed by atoms with Gasteiger partial charge >= 0.3 is 12.3 Å². The summed E-state index contributed by atoms with van der Waals surface area (Å²) < 4.78 is 69.7. The smallest absolute Gasteiger partial charge is 0.465 e. The van der Waals surface area contributed by atoms with Gasteiger partial charge in [-0.05, 0) is 64.3 Å². The number of nitrogen functional groups attached to an aromatic ring is 1. The first-order valence-corrected chi connectivity index (χ1v) is 15.5. The molecule has 3 rings (SSSR count). The monoisotopic (exact) mass is 614 g/mol. The van der Waals surface area contributed by atoms with E-state index in [0.29, 0.717) is 35.3 Å². The Morgan fingerprint density at radius 2 is 1.90 bits per heavy atom. The van der Waals surface area contributed by atoms with E-state index in [1.54, 1.807) is 45.5 Å². The quantitative estimate of drug-likeness (QED) is 0.174. The minimum atomic E-state index is -4.82. The summed E-state index contributed by atoms with van der Waals surface area (Å²) in [6, 6.07) is 3.40. The summed E-state index contributed by atoms with van der Waals surface area (Å²) in [5, 5.41) is 3.14. The molecule has 42 heavy (non-hydrogen) atoms. The Balaban J connectivity index is 1.80. The molecule has 0 aliphatic heterocycles. The van der Waals surface area contributed by atoms with Crippen LogP contribution in [0.3, 0.4) is 0 Å². The number of aryl methyl sites for hydroxylation is 1. The van der Waals surface area contributed by atoms with Crippen LogP contribution in [0, 0.1) is 12.3 Å². The molecule has 0 aliphatic rings. The molecule has 11 nitrogen and oxygen atoms in total. The molecular formula is C27H38F3N6O5P. The van der Waals surface area contributed by atoms with Gasteiger partial charge in [0.05, 0.1) is 31.0 Å². The number of aromatic nitrogens is 4. The molecule has 2 heterocycles. The van der Waals surface area contributed by atoms with Gasteiger partial charge in [-0.3, -0.25) is 9.88 Å². The molecule has 2 aromatic heterocycles. The van der Waals surface area contributed by atoms with Gasteiger partial charge in [0.2, 0.25) is 0 Å². The van der Waals surface area contributed by atoms with Crippen molar-refractivity contribution in [2.24, 2.45) is 5.41 Å². The molecule has 15 heteroatoms. The number of carbonyl (C=O) groups is 1. The third-order valence-electron chi connectivity index (χ3n) is 6.46. The Morgan fingerprint density at radius 1 is 1.19 bits per heavy atom. The fourth-order valence-corrected chi connectivity index (χ4v) is 7.59. The van der Waals surface area contributed by atoms with Crippen LogP contribution in [0.2, 0.25) is 0 Å². The number of anilines is 1. The Bertz CT molecular complexity index is 1430. The van der Waals surface area contributed by atoms with E-state index >= 15 is 0 Å². The number of fused-ring (bicyclic) bond motifs is 1. The number of hydrogen-bond donors (Lipinski definition) is 2. The summed E-state index contributed by atoms with van der Waals surface area (Å²) in [7, 11) is -3.47. The maximum atomic E-state index is 14.4. The van der Waals surface area contributed by atoms with E-state index in [1.165, 1.54) is 24.5 Å². The molecule has 0 saturated carbocycles. The number of imidazole rings is 1. The first-order chi connectivity index (χ1) is 19.5. The van der Waals surface area contributed by atoms with Crippen molar-refractivity contribution >= 4 is 30.2 Å². The van der Waals surface area contributed by atoms with Crippen molar-refractivity contribution in [2.45, 2.75) is 73.0 Å². The molecule has 3 N–H and O–H groups in total. The number of nitrogens with one attached hydrogen (secondary N) is 1. The van der Waals surface area contributed by atoms with Crippen LogP contribution in [-0.4, -0.2) is 57.1 Å². The van der Waals surface area contributed by atoms with Crippen LogP contribution in [0.25, 0.3) is 11.2 Å². The van der Waals surface area contributed by atoms with Crippen molar-refractivity contribution < 1.29 is 36.7 Å². The van der Waals surface area contributed by atoms with Crippen molar-refractivity contribution in [1.82, 2.24) is 24.6 Å². The number of carbonyl (C=O) groups excluding carboxylic acids is 1. The number of benzene rings is 1. The van der Waals surface area contributed by atoms with Crippen molar-refractivity contribution in [1.29, 1.82) is 0 Å². The molecular weight excluding hydrogens is 576 g/mol. The third kappa shape index (κ3) is 8.89. The SMILES string of the molecule is CCCOC(=O)C(C)(C)CP(=O)(CO[C@H](C)Cn1cnc2c(N)ncnc21)N[C@H](C)c1ccc(OC(F)(F)F)cc1C. The minimum Gasteiger partial charge on any atom is -0.465 e. The lowest BCUT2D eigenvalue weighted by atomic mass is 9.97. The fourth-order valence-electron chi connectivity index (χ4n) is 4.59. The van der Waals surface area contributed by atoms with Gasteiger partial charge in [0.15, 0.2) is 18.8 Å². The van der Waals surface area contributed by atoms with E-state index in [1.807, 2.05) is 6.92 Å². The third-order valence-corrected chi connectivity index (χ3v) is 9.19. The maximum Gasteiger partial charge on any atom is 0.573 e. The number of nitrogens with zero attached hydrogens (tertiary/aromatic N) is 4. The topological polar surface area (TPSA) is 143 Å². The molecule has 0 fully saturated rings. The fraction of sp³-hybridized carbons (Fsp3) is 0.556. The summed E-state index contributed by atoms with van der Waals surface area (Å²) in [5.74, 6) is -0.588. The summed E-state index contributed by atoms with van der Waals surface area (Å²) in [4.78, 5) is 25.2. The van der Waals surface area contributed by atoms with Crippen LogP contribution >= 0.6 is 7.29 Å². The molecule has 0 bridgehead atoms. The van der Waals surface area contributed by atoms with Crippen molar-refractivity contribution in [3.8, 4) is 5.75 Å². The average Bonchev–Trinajstić information content (AvgIpc) is 3.28. The first kappa shape index (κ1) is 33.3. The van der Waals surface area contributed by atoms with Gasteiger partial charge in [0.25, 0.3) is 0 Å². The van der Waals surface area contributed by atoms with Crippen LogP contribution in [-0.2, 0) is 25.4 Å². The van der Waals surface area contributed by atoms with Crippen LogP contribution in [0.5, 0.6) is 5.75 Å². The molecule has 3 atom stereocenters. The van der Waals surface area contributed by atoms with Crippen LogP contribution in [0.15, 0.2) is 30.9 Å². The number of hydrogen-bond acceptors (Lipinski definition) is 9. The Labute approximate surface area is 242 Å². The largest absolute Gasteiger partial charge is 0.573 e. The normalized spacial score (nSPS) is 15.3. The lowest BCUT2D eigenvalue weighted by Gasteiger charge is -2.32. The van der Waals surface area contributed by atoms with E-state index in [-0.39, 0.29) is 30.7 Å². The highest BCUT2D eigenvalue weighted by atomic mass is 31.2. The lowest BCUT2D eigenvalue weighted by molar-refractivity contribution is -0.274. The van der Waals surface area contributed by atoms with Gasteiger partial charge in [-0.2, -0.15) is 0 Å². The van der Waals surface area contributed by atoms with E-state index in [9.17, 15) is 22.5 Å². The minimum absolute atomic E-state index is 0.0777. The van der Waals surface area contributed by atoms with Gasteiger partial charge in [0.1, 0.15) is 23.9 Å². The molecule has 1 aromatic carbocycles. The van der Waals surface area contributed by atoms with Gasteiger partial charge in [-0.25, -0.2) is 15.0 Å². The van der Waals surface area contributed by atoms with Gasteiger partial charge in [-0.1, -0.05) is 13.0 Å². The molecule has 0 aliphatic carbocycles. The number of nitrogens with two attached hydrogens (primary N) is 1. The number of ether oxygens (including phenoxy) is 3. The van der Waals surface area contributed by atoms with Gasteiger partial charge in [0, 0.05) is 12.2 Å². The Hall–Kier alpha value is -3.22. The van der Waals surface area contributed by atoms with E-state index < -0.39 is 37.2 Å². The lowest BCUT2D eigenvalue weighted by Crippen LogP contribution is -2.35. The zero-order chi connectivity index (χ0) is 31.3. The number of rotatable bonds is 14. The summed E-state index contributed by atoms with van der Waals surface area (Å²) in [6.07, 6.45) is -2.02. The van der Waals surface area contributed by atoms with E-state index in [0.717, 1.165) is 0 Å². The zero-order valence-corrected chi connectivity index (χ0v) is 25.5. The molecule has 1 unspecified atom stereocenters. The predicted molar refractivity (Wildman–Crippen MR) is 152 cm³/mol. The maximum absolute atomic E-state index is 14.4. The molecule has 232 valence electrons. The Morgan fingerprint density at radius 3 is 2.55 bits per heavy atom. The van der Waals surface area contributed by atoms with Crippen LogP contribution in [0.4, 0.5) is 19.0 Å². The molecule has 0 radical (unpaired) electrons. The first-order valence-electron chi connectivity index (χ1n) is 13.5. The molecule has 3 aromatic rings. The summed E-state index contributed by atoms with van der Waals surface area (Å²) in [6.45, 7) is 10.9. The standard InChI is InChI=1S/C27H38F3N6O5P/c1-7-10-39-25(37)26(5,6)13-42(38,35-19(4)21-9-8-20(11-17(21)2)41-27(28,29)30)16-40-18(3)12-36-15-34-22-23(31)32-14-33-24(22)36/h8-9,11,14-15,18-19H,7,10,12-13,16H2,1-6H3,(H,35,38)(H2,31,32,33)/t18-,19-,42?/m1/s1. The second-order valence-electron chi connectivity index (χ2n) is 10.9. The van der Waals surface area contributed by atoms with E-state index in [4.69, 9.17) is 15.2 Å². The van der Waals surface area contributed by atoms with Crippen molar-refractivity contribution in [3.05, 3.63) is 42.0 Å². The second-order valence-corrected chi connectivity index (χ2v) is 13.5. The second kappa shape index (κ2) is 13.4. The average molecular weight is 615 g/mol. The van der Waals surface area contributed by atoms with Crippen LogP contribution < -0.4 is 15.6 Å².